The van der Waals surface area contributed by atoms with E-state index in [1.54, 1.807) is 6.92 Å². The third kappa shape index (κ3) is 4.91. The number of hydrogen-bond acceptors (Lipinski definition) is 3. The summed E-state index contributed by atoms with van der Waals surface area (Å²) in [5, 5.41) is 8.61. The molecule has 1 aliphatic heterocycles. The highest BCUT2D eigenvalue weighted by Gasteiger charge is 2.27. The van der Waals surface area contributed by atoms with E-state index in [1.807, 2.05) is 6.92 Å². The molecule has 2 N–H and O–H groups in total. The lowest BCUT2D eigenvalue weighted by Crippen LogP contribution is -2.46. The Kier molecular flexibility index (Phi) is 5.55. The standard InChI is InChI=1S/C11H22N2O4S/c1-9-4-3-5-13(8-9)18(16,17)12-7-10(2)6-11(14)15/h9-10,12H,3-8H2,1-2H3,(H,14,15). The largest absolute Gasteiger partial charge is 0.481 e. The number of carbonyl (C=O) groups is 1. The van der Waals surface area contributed by atoms with Crippen LogP contribution >= 0.6 is 0 Å². The van der Waals surface area contributed by atoms with Crippen molar-refractivity contribution >= 4 is 16.2 Å². The molecule has 1 rings (SSSR count). The smallest absolute Gasteiger partial charge is 0.303 e. The molecule has 0 aliphatic carbocycles. The molecule has 0 saturated carbocycles. The van der Waals surface area contributed by atoms with E-state index in [0.29, 0.717) is 19.0 Å². The molecule has 0 aromatic carbocycles. The predicted octanol–water partition coefficient (Wildman–Crippen LogP) is 0.664. The Morgan fingerprint density at radius 1 is 1.56 bits per heavy atom. The molecule has 6 nitrogen and oxygen atoms in total. The fraction of sp³-hybridized carbons (Fsp3) is 0.909. The summed E-state index contributed by atoms with van der Waals surface area (Å²) >= 11 is 0. The molecule has 0 amide bonds. The Morgan fingerprint density at radius 3 is 2.78 bits per heavy atom. The summed E-state index contributed by atoms with van der Waals surface area (Å²) in [7, 11) is -3.46. The van der Waals surface area contributed by atoms with Crippen molar-refractivity contribution in [2.24, 2.45) is 11.8 Å². The van der Waals surface area contributed by atoms with Crippen molar-refractivity contribution in [3.8, 4) is 0 Å². The Hall–Kier alpha value is -0.660. The van der Waals surface area contributed by atoms with Crippen LogP contribution in [0.4, 0.5) is 0 Å². The van der Waals surface area contributed by atoms with Gasteiger partial charge in [0.15, 0.2) is 0 Å². The first kappa shape index (κ1) is 15.4. The number of rotatable bonds is 6. The van der Waals surface area contributed by atoms with Gasteiger partial charge in [-0.25, -0.2) is 4.72 Å². The van der Waals surface area contributed by atoms with E-state index >= 15 is 0 Å². The van der Waals surface area contributed by atoms with Crippen LogP contribution in [0.5, 0.6) is 0 Å². The quantitative estimate of drug-likeness (QED) is 0.747. The normalized spacial score (nSPS) is 23.8. The molecule has 0 radical (unpaired) electrons. The zero-order valence-electron chi connectivity index (χ0n) is 10.9. The summed E-state index contributed by atoms with van der Waals surface area (Å²) in [5.41, 5.74) is 0. The summed E-state index contributed by atoms with van der Waals surface area (Å²) in [5.74, 6) is -0.737. The van der Waals surface area contributed by atoms with Crippen LogP contribution in [0, 0.1) is 11.8 Å². The SMILES string of the molecule is CC(CNS(=O)(=O)N1CCCC(C)C1)CC(=O)O. The summed E-state index contributed by atoms with van der Waals surface area (Å²) < 4.78 is 27.9. The van der Waals surface area contributed by atoms with Gasteiger partial charge in [-0.3, -0.25) is 4.79 Å². The first-order chi connectivity index (χ1) is 8.31. The van der Waals surface area contributed by atoms with Crippen LogP contribution in [0.2, 0.25) is 0 Å². The van der Waals surface area contributed by atoms with Crippen molar-refractivity contribution < 1.29 is 18.3 Å². The molecule has 1 aliphatic rings. The second kappa shape index (κ2) is 6.49. The minimum atomic E-state index is -3.46. The number of nitrogens with one attached hydrogen (secondary N) is 1. The summed E-state index contributed by atoms with van der Waals surface area (Å²) in [4.78, 5) is 10.5. The lowest BCUT2D eigenvalue weighted by Gasteiger charge is -2.30. The minimum Gasteiger partial charge on any atom is -0.481 e. The molecule has 1 saturated heterocycles. The third-order valence-electron chi connectivity index (χ3n) is 3.10. The van der Waals surface area contributed by atoms with Crippen molar-refractivity contribution in [3.63, 3.8) is 0 Å². The highest BCUT2D eigenvalue weighted by Crippen LogP contribution is 2.17. The van der Waals surface area contributed by atoms with Gasteiger partial charge in [-0.1, -0.05) is 13.8 Å². The molecule has 0 bridgehead atoms. The van der Waals surface area contributed by atoms with Gasteiger partial charge in [-0.05, 0) is 24.7 Å². The molecule has 18 heavy (non-hydrogen) atoms. The lowest BCUT2D eigenvalue weighted by molar-refractivity contribution is -0.137. The number of nitrogens with zero attached hydrogens (tertiary/aromatic N) is 1. The Bertz CT molecular complexity index is 383. The number of carboxylic acids is 1. The van der Waals surface area contributed by atoms with Gasteiger partial charge in [-0.15, -0.1) is 0 Å². The summed E-state index contributed by atoms with van der Waals surface area (Å²) in [6.45, 7) is 5.01. The zero-order valence-corrected chi connectivity index (χ0v) is 11.7. The van der Waals surface area contributed by atoms with Gasteiger partial charge in [0.1, 0.15) is 0 Å². The molecule has 7 heteroatoms. The highest BCUT2D eigenvalue weighted by atomic mass is 32.2. The molecule has 2 unspecified atom stereocenters. The van der Waals surface area contributed by atoms with E-state index in [0.717, 1.165) is 12.8 Å². The molecule has 2 atom stereocenters. The van der Waals surface area contributed by atoms with Crippen LogP contribution in [0.15, 0.2) is 0 Å². The van der Waals surface area contributed by atoms with E-state index in [-0.39, 0.29) is 18.9 Å². The van der Waals surface area contributed by atoms with Crippen LogP contribution in [0.3, 0.4) is 0 Å². The van der Waals surface area contributed by atoms with Crippen LogP contribution in [-0.2, 0) is 15.0 Å². The fourth-order valence-electron chi connectivity index (χ4n) is 2.07. The van der Waals surface area contributed by atoms with Crippen molar-refractivity contribution in [2.75, 3.05) is 19.6 Å². The van der Waals surface area contributed by atoms with E-state index < -0.39 is 16.2 Å². The van der Waals surface area contributed by atoms with E-state index in [1.165, 1.54) is 4.31 Å². The molecular weight excluding hydrogens is 256 g/mol. The van der Waals surface area contributed by atoms with Crippen molar-refractivity contribution in [3.05, 3.63) is 0 Å². The van der Waals surface area contributed by atoms with E-state index in [4.69, 9.17) is 5.11 Å². The van der Waals surface area contributed by atoms with Gasteiger partial charge < -0.3 is 5.11 Å². The maximum Gasteiger partial charge on any atom is 0.303 e. The Labute approximate surface area is 109 Å². The van der Waals surface area contributed by atoms with Crippen LogP contribution in [0.1, 0.15) is 33.1 Å². The van der Waals surface area contributed by atoms with Gasteiger partial charge in [0.05, 0.1) is 0 Å². The van der Waals surface area contributed by atoms with Crippen LogP contribution < -0.4 is 4.72 Å². The Morgan fingerprint density at radius 2 is 2.22 bits per heavy atom. The summed E-state index contributed by atoms with van der Waals surface area (Å²) in [6, 6.07) is 0. The lowest BCUT2D eigenvalue weighted by atomic mass is 10.0. The van der Waals surface area contributed by atoms with Crippen LogP contribution in [-0.4, -0.2) is 43.4 Å². The van der Waals surface area contributed by atoms with E-state index in [9.17, 15) is 13.2 Å². The second-order valence-corrected chi connectivity index (χ2v) is 6.92. The third-order valence-corrected chi connectivity index (χ3v) is 4.64. The van der Waals surface area contributed by atoms with Gasteiger partial charge in [0.25, 0.3) is 10.2 Å². The van der Waals surface area contributed by atoms with Gasteiger partial charge in [-0.2, -0.15) is 12.7 Å². The second-order valence-electron chi connectivity index (χ2n) is 5.16. The van der Waals surface area contributed by atoms with Gasteiger partial charge in [0.2, 0.25) is 0 Å². The average molecular weight is 278 g/mol. The number of aliphatic carboxylic acids is 1. The molecule has 106 valence electrons. The topological polar surface area (TPSA) is 86.7 Å². The Balaban J connectivity index is 2.46. The van der Waals surface area contributed by atoms with Crippen molar-refractivity contribution in [1.82, 2.24) is 9.03 Å². The number of piperidine rings is 1. The molecule has 0 aromatic rings. The molecule has 1 heterocycles. The monoisotopic (exact) mass is 278 g/mol. The maximum absolute atomic E-state index is 12.0. The number of carboxylic acid groups (broad SMARTS) is 1. The first-order valence-corrected chi connectivity index (χ1v) is 7.72. The highest BCUT2D eigenvalue weighted by molar-refractivity contribution is 7.87. The van der Waals surface area contributed by atoms with E-state index in [2.05, 4.69) is 4.72 Å². The van der Waals surface area contributed by atoms with Gasteiger partial charge in [0, 0.05) is 26.1 Å². The maximum atomic E-state index is 12.0. The van der Waals surface area contributed by atoms with Crippen molar-refractivity contribution in [2.45, 2.75) is 33.1 Å². The fourth-order valence-corrected chi connectivity index (χ4v) is 3.57. The average Bonchev–Trinajstić information content (AvgIpc) is 2.26. The molecule has 0 spiro atoms. The molecule has 1 fully saturated rings. The molecule has 0 aromatic heterocycles. The zero-order chi connectivity index (χ0) is 13.8. The first-order valence-electron chi connectivity index (χ1n) is 6.28. The van der Waals surface area contributed by atoms with Crippen LogP contribution in [0.25, 0.3) is 0 Å². The van der Waals surface area contributed by atoms with Crippen molar-refractivity contribution in [1.29, 1.82) is 0 Å². The molecular formula is C11H22N2O4S. The van der Waals surface area contributed by atoms with Gasteiger partial charge >= 0.3 is 5.97 Å². The summed E-state index contributed by atoms with van der Waals surface area (Å²) in [6.07, 6.45) is 1.91. The predicted molar refractivity (Wildman–Crippen MR) is 68.3 cm³/mol. The minimum absolute atomic E-state index is 0.0288. The number of hydrogen-bond donors (Lipinski definition) is 2.